The third-order valence-corrected chi connectivity index (χ3v) is 6.49. The van der Waals surface area contributed by atoms with Gasteiger partial charge in [0.15, 0.2) is 11.5 Å². The van der Waals surface area contributed by atoms with Gasteiger partial charge in [0.25, 0.3) is 0 Å². The van der Waals surface area contributed by atoms with Gasteiger partial charge in [-0.15, -0.1) is 0 Å². The number of fused-ring (bicyclic) bond motifs is 3. The molecule has 4 rings (SSSR count). The van der Waals surface area contributed by atoms with E-state index in [9.17, 15) is 9.59 Å². The zero-order chi connectivity index (χ0) is 22.1. The zero-order valence-electron chi connectivity index (χ0n) is 18.2. The molecule has 1 fully saturated rings. The van der Waals surface area contributed by atoms with Crippen LogP contribution in [0.5, 0.6) is 11.5 Å². The van der Waals surface area contributed by atoms with Crippen molar-refractivity contribution in [2.45, 2.75) is 24.4 Å². The van der Waals surface area contributed by atoms with E-state index in [1.807, 2.05) is 42.5 Å². The maximum absolute atomic E-state index is 13.1. The largest absolute Gasteiger partial charge is 0.493 e. The van der Waals surface area contributed by atoms with Crippen LogP contribution in [0.15, 0.2) is 42.5 Å². The second kappa shape index (κ2) is 8.59. The fraction of sp³-hybridized carbons (Fsp3) is 0.417. The molecule has 0 radical (unpaired) electrons. The summed E-state index contributed by atoms with van der Waals surface area (Å²) < 4.78 is 21.4. The topological polar surface area (TPSA) is 74.3 Å². The molecule has 2 aliphatic rings. The number of benzene rings is 2. The molecular weight excluding hydrogens is 398 g/mol. The first-order valence-electron chi connectivity index (χ1n) is 10.3. The van der Waals surface area contributed by atoms with Crippen molar-refractivity contribution in [1.29, 1.82) is 0 Å². The van der Waals surface area contributed by atoms with E-state index in [2.05, 4.69) is 4.90 Å². The molecule has 0 amide bonds. The van der Waals surface area contributed by atoms with Crippen LogP contribution in [0.4, 0.5) is 0 Å². The number of carbonyl (C=O) groups is 2. The Hall–Kier alpha value is -3.06. The highest BCUT2D eigenvalue weighted by atomic mass is 16.5. The molecule has 2 aromatic rings. The van der Waals surface area contributed by atoms with Gasteiger partial charge in [0.2, 0.25) is 0 Å². The first-order chi connectivity index (χ1) is 15.0. The first kappa shape index (κ1) is 21.2. The molecule has 2 aromatic carbocycles. The van der Waals surface area contributed by atoms with Crippen LogP contribution in [0.2, 0.25) is 0 Å². The lowest BCUT2D eigenvalue weighted by Gasteiger charge is -2.36. The van der Waals surface area contributed by atoms with Gasteiger partial charge in [0, 0.05) is 12.5 Å². The lowest BCUT2D eigenvalue weighted by Crippen LogP contribution is -2.43. The van der Waals surface area contributed by atoms with Crippen LogP contribution in [0.3, 0.4) is 0 Å². The van der Waals surface area contributed by atoms with Crippen molar-refractivity contribution in [2.75, 3.05) is 35.0 Å². The van der Waals surface area contributed by atoms with Crippen LogP contribution in [0.1, 0.15) is 28.7 Å². The van der Waals surface area contributed by atoms with Crippen LogP contribution < -0.4 is 9.47 Å². The standard InChI is InChI=1S/C24H27NO6/c1-28-17-12-15-10-11-25-21(16(15)13-18(17)29-2)20(23(26)30-3)19(22(25)24(27)31-4)14-8-6-5-7-9-14/h5-9,12-13,19-22H,10-11H2,1-4H3/t19-,20-,21-,22+/m1/s1. The fourth-order valence-corrected chi connectivity index (χ4v) is 5.19. The number of rotatable bonds is 5. The molecule has 2 aliphatic heterocycles. The summed E-state index contributed by atoms with van der Waals surface area (Å²) >= 11 is 0. The number of ether oxygens (including phenoxy) is 4. The van der Waals surface area contributed by atoms with Crippen LogP contribution in [-0.2, 0) is 25.5 Å². The summed E-state index contributed by atoms with van der Waals surface area (Å²) in [5, 5.41) is 0. The molecular formula is C24H27NO6. The molecule has 0 aromatic heterocycles. The fourth-order valence-electron chi connectivity index (χ4n) is 5.19. The summed E-state index contributed by atoms with van der Waals surface area (Å²) in [6.45, 7) is 0.615. The molecule has 0 N–H and O–H groups in total. The molecule has 31 heavy (non-hydrogen) atoms. The minimum absolute atomic E-state index is 0.342. The lowest BCUT2D eigenvalue weighted by atomic mass is 9.78. The second-order valence-corrected chi connectivity index (χ2v) is 7.79. The van der Waals surface area contributed by atoms with Gasteiger partial charge in [0.1, 0.15) is 6.04 Å². The van der Waals surface area contributed by atoms with E-state index in [1.165, 1.54) is 14.2 Å². The van der Waals surface area contributed by atoms with Gasteiger partial charge < -0.3 is 18.9 Å². The molecule has 1 saturated heterocycles. The Kier molecular flexibility index (Phi) is 5.87. The SMILES string of the molecule is COC(=O)[C@@H]1[C@@H](c2ccccc2)[C@@H](C(=O)OC)N2CCc3cc(OC)c(OC)cc3[C@H]12. The molecule has 0 bridgehead atoms. The van der Waals surface area contributed by atoms with Crippen LogP contribution in [0, 0.1) is 5.92 Å². The third-order valence-electron chi connectivity index (χ3n) is 6.49. The highest BCUT2D eigenvalue weighted by Gasteiger charge is 2.58. The number of methoxy groups -OCH3 is 4. The van der Waals surface area contributed by atoms with Crippen LogP contribution in [-0.4, -0.2) is 57.9 Å². The molecule has 0 aliphatic carbocycles. The highest BCUT2D eigenvalue weighted by molar-refractivity contribution is 5.83. The molecule has 0 saturated carbocycles. The predicted molar refractivity (Wildman–Crippen MR) is 113 cm³/mol. The maximum atomic E-state index is 13.1. The molecule has 7 nitrogen and oxygen atoms in total. The lowest BCUT2D eigenvalue weighted by molar-refractivity contribution is -0.147. The average molecular weight is 425 g/mol. The average Bonchev–Trinajstić information content (AvgIpc) is 3.18. The van der Waals surface area contributed by atoms with Crippen LogP contribution in [0.25, 0.3) is 0 Å². The molecule has 7 heteroatoms. The van der Waals surface area contributed by atoms with Crippen molar-refractivity contribution in [1.82, 2.24) is 4.90 Å². The molecule has 0 spiro atoms. The van der Waals surface area contributed by atoms with Gasteiger partial charge in [-0.3, -0.25) is 14.5 Å². The first-order valence-corrected chi connectivity index (χ1v) is 10.3. The summed E-state index contributed by atoms with van der Waals surface area (Å²) in [4.78, 5) is 28.2. The smallest absolute Gasteiger partial charge is 0.323 e. The van der Waals surface area contributed by atoms with E-state index in [0.29, 0.717) is 18.0 Å². The number of carbonyl (C=O) groups excluding carboxylic acids is 2. The van der Waals surface area contributed by atoms with Crippen molar-refractivity contribution in [3.05, 3.63) is 59.2 Å². The Bertz CT molecular complexity index is 976. The van der Waals surface area contributed by atoms with Crippen molar-refractivity contribution in [3.8, 4) is 11.5 Å². The van der Waals surface area contributed by atoms with Gasteiger partial charge in [0.05, 0.1) is 40.4 Å². The summed E-state index contributed by atoms with van der Waals surface area (Å²) in [5.41, 5.74) is 2.93. The number of hydrogen-bond donors (Lipinski definition) is 0. The van der Waals surface area contributed by atoms with E-state index in [0.717, 1.165) is 23.1 Å². The second-order valence-electron chi connectivity index (χ2n) is 7.79. The van der Waals surface area contributed by atoms with Crippen molar-refractivity contribution < 1.29 is 28.5 Å². The Balaban J connectivity index is 1.92. The van der Waals surface area contributed by atoms with Crippen molar-refractivity contribution >= 4 is 11.9 Å². The number of nitrogens with zero attached hydrogens (tertiary/aromatic N) is 1. The third kappa shape index (κ3) is 3.43. The van der Waals surface area contributed by atoms with E-state index in [-0.39, 0.29) is 18.0 Å². The van der Waals surface area contributed by atoms with Gasteiger partial charge >= 0.3 is 11.9 Å². The van der Waals surface area contributed by atoms with E-state index in [1.54, 1.807) is 14.2 Å². The van der Waals surface area contributed by atoms with Gasteiger partial charge in [-0.05, 0) is 35.2 Å². The normalized spacial score (nSPS) is 24.6. The summed E-state index contributed by atoms with van der Waals surface area (Å²) in [6.07, 6.45) is 0.717. The molecule has 164 valence electrons. The van der Waals surface area contributed by atoms with Gasteiger partial charge in [-0.25, -0.2) is 0 Å². The van der Waals surface area contributed by atoms with Gasteiger partial charge in [-0.2, -0.15) is 0 Å². The Morgan fingerprint density at radius 1 is 0.903 bits per heavy atom. The monoisotopic (exact) mass is 425 g/mol. The van der Waals surface area contributed by atoms with Gasteiger partial charge in [-0.1, -0.05) is 30.3 Å². The zero-order valence-corrected chi connectivity index (χ0v) is 18.2. The number of esters is 2. The van der Waals surface area contributed by atoms with E-state index < -0.39 is 17.9 Å². The Morgan fingerprint density at radius 3 is 2.16 bits per heavy atom. The van der Waals surface area contributed by atoms with E-state index >= 15 is 0 Å². The maximum Gasteiger partial charge on any atom is 0.323 e. The summed E-state index contributed by atoms with van der Waals surface area (Å²) in [7, 11) is 5.96. The highest BCUT2D eigenvalue weighted by Crippen LogP contribution is 2.54. The molecule has 2 heterocycles. The molecule has 0 unspecified atom stereocenters. The number of hydrogen-bond acceptors (Lipinski definition) is 7. The minimum atomic E-state index is -0.595. The van der Waals surface area contributed by atoms with Crippen molar-refractivity contribution in [3.63, 3.8) is 0 Å². The van der Waals surface area contributed by atoms with E-state index in [4.69, 9.17) is 18.9 Å². The predicted octanol–water partition coefficient (Wildman–Crippen LogP) is 2.73. The summed E-state index contributed by atoms with van der Waals surface area (Å²) in [6, 6.07) is 12.6. The van der Waals surface area contributed by atoms with Crippen LogP contribution >= 0.6 is 0 Å². The minimum Gasteiger partial charge on any atom is -0.493 e. The quantitative estimate of drug-likeness (QED) is 0.682. The summed E-state index contributed by atoms with van der Waals surface area (Å²) in [5.74, 6) is -0.443. The molecule has 4 atom stereocenters. The Labute approximate surface area is 181 Å². The van der Waals surface area contributed by atoms with Crippen molar-refractivity contribution in [2.24, 2.45) is 5.92 Å². The Morgan fingerprint density at radius 2 is 1.55 bits per heavy atom.